The van der Waals surface area contributed by atoms with E-state index in [0.717, 1.165) is 5.56 Å². The fourth-order valence-corrected chi connectivity index (χ4v) is 3.32. The van der Waals surface area contributed by atoms with Crippen molar-refractivity contribution in [3.05, 3.63) is 95.4 Å². The Morgan fingerprint density at radius 3 is 2.47 bits per heavy atom. The number of carbonyl (C=O) groups excluding carboxylic acids is 2. The van der Waals surface area contributed by atoms with Gasteiger partial charge in [0.05, 0.1) is 24.9 Å². The van der Waals surface area contributed by atoms with E-state index in [4.69, 9.17) is 4.74 Å². The van der Waals surface area contributed by atoms with Gasteiger partial charge in [0.15, 0.2) is 0 Å². The molecule has 0 fully saturated rings. The van der Waals surface area contributed by atoms with Gasteiger partial charge in [0, 0.05) is 18.0 Å². The number of imide groups is 1. The molecular weight excluding hydrogens is 378 g/mol. The lowest BCUT2D eigenvalue weighted by atomic mass is 10.0. The Hall–Kier alpha value is -3.93. The summed E-state index contributed by atoms with van der Waals surface area (Å²) in [5.41, 5.74) is 3.66. The minimum absolute atomic E-state index is 0.108. The number of pyridine rings is 1. The van der Waals surface area contributed by atoms with Crippen LogP contribution in [0.4, 0.5) is 5.69 Å². The average Bonchev–Trinajstić information content (AvgIpc) is 2.99. The van der Waals surface area contributed by atoms with E-state index in [1.54, 1.807) is 31.5 Å². The third-order valence-corrected chi connectivity index (χ3v) is 4.89. The van der Waals surface area contributed by atoms with Crippen LogP contribution >= 0.6 is 0 Å². The lowest BCUT2D eigenvalue weighted by molar-refractivity contribution is -0.137. The first-order valence-electron chi connectivity index (χ1n) is 9.55. The van der Waals surface area contributed by atoms with Gasteiger partial charge < -0.3 is 10.1 Å². The molecule has 0 spiro atoms. The van der Waals surface area contributed by atoms with Crippen molar-refractivity contribution in [2.45, 2.75) is 13.5 Å². The Kier molecular flexibility index (Phi) is 5.30. The van der Waals surface area contributed by atoms with Crippen molar-refractivity contribution in [2.75, 3.05) is 12.4 Å². The van der Waals surface area contributed by atoms with Gasteiger partial charge in [-0.15, -0.1) is 0 Å². The summed E-state index contributed by atoms with van der Waals surface area (Å²) in [5.74, 6) is -0.0800. The van der Waals surface area contributed by atoms with Crippen molar-refractivity contribution in [3.8, 4) is 5.75 Å². The van der Waals surface area contributed by atoms with Gasteiger partial charge in [0.1, 0.15) is 11.4 Å². The molecule has 2 aromatic carbocycles. The van der Waals surface area contributed by atoms with Crippen LogP contribution in [0.3, 0.4) is 0 Å². The number of methoxy groups -OCH3 is 1. The van der Waals surface area contributed by atoms with E-state index in [2.05, 4.69) is 10.3 Å². The molecule has 3 aromatic rings. The van der Waals surface area contributed by atoms with E-state index in [1.165, 1.54) is 4.90 Å². The number of aryl methyl sites for hydroxylation is 1. The summed E-state index contributed by atoms with van der Waals surface area (Å²) in [6.07, 6.45) is 1.64. The van der Waals surface area contributed by atoms with Crippen LogP contribution in [0.2, 0.25) is 0 Å². The molecule has 1 aliphatic rings. The highest BCUT2D eigenvalue weighted by Crippen LogP contribution is 2.32. The van der Waals surface area contributed by atoms with Crippen molar-refractivity contribution in [1.29, 1.82) is 0 Å². The normalized spacial score (nSPS) is 13.7. The first-order chi connectivity index (χ1) is 14.6. The standard InChI is InChI=1S/C24H21N3O3/c1-16-9-11-17(12-10-16)21-22(26-18-7-5-8-20(14-18)30-2)24(29)27(23(21)28)15-19-6-3-4-13-25-19/h3-14,26H,15H2,1-2H3. The Bertz CT molecular complexity index is 1120. The second-order valence-electron chi connectivity index (χ2n) is 6.99. The van der Waals surface area contributed by atoms with E-state index in [1.807, 2.05) is 55.5 Å². The van der Waals surface area contributed by atoms with Crippen LogP contribution in [0.15, 0.2) is 78.6 Å². The molecule has 2 amide bonds. The smallest absolute Gasteiger partial charge is 0.278 e. The minimum atomic E-state index is -0.385. The van der Waals surface area contributed by atoms with Gasteiger partial charge in [-0.05, 0) is 36.8 Å². The van der Waals surface area contributed by atoms with E-state index in [0.29, 0.717) is 28.3 Å². The zero-order chi connectivity index (χ0) is 21.1. The van der Waals surface area contributed by atoms with Crippen molar-refractivity contribution in [3.63, 3.8) is 0 Å². The number of hydrogen-bond acceptors (Lipinski definition) is 5. The molecule has 0 bridgehead atoms. The number of amides is 2. The second-order valence-corrected chi connectivity index (χ2v) is 6.99. The fraction of sp³-hybridized carbons (Fsp3) is 0.125. The first kappa shape index (κ1) is 19.4. The molecule has 1 aromatic heterocycles. The van der Waals surface area contributed by atoms with Gasteiger partial charge >= 0.3 is 0 Å². The summed E-state index contributed by atoms with van der Waals surface area (Å²) >= 11 is 0. The number of nitrogens with one attached hydrogen (secondary N) is 1. The molecule has 30 heavy (non-hydrogen) atoms. The summed E-state index contributed by atoms with van der Waals surface area (Å²) < 4.78 is 5.27. The Labute approximate surface area is 174 Å². The molecule has 2 heterocycles. The number of hydrogen-bond donors (Lipinski definition) is 1. The molecule has 0 unspecified atom stereocenters. The molecule has 4 rings (SSSR count). The van der Waals surface area contributed by atoms with E-state index < -0.39 is 0 Å². The third-order valence-electron chi connectivity index (χ3n) is 4.89. The molecule has 0 aliphatic carbocycles. The van der Waals surface area contributed by atoms with Gasteiger partial charge in [-0.3, -0.25) is 19.5 Å². The monoisotopic (exact) mass is 399 g/mol. The van der Waals surface area contributed by atoms with Gasteiger partial charge in [-0.25, -0.2) is 0 Å². The number of nitrogens with zero attached hydrogens (tertiary/aromatic N) is 2. The second kappa shape index (κ2) is 8.21. The summed E-state index contributed by atoms with van der Waals surface area (Å²) in [6.45, 7) is 2.08. The molecule has 1 aliphatic heterocycles. The molecule has 0 saturated carbocycles. The number of benzene rings is 2. The first-order valence-corrected chi connectivity index (χ1v) is 9.55. The number of carbonyl (C=O) groups is 2. The molecule has 150 valence electrons. The maximum absolute atomic E-state index is 13.3. The molecule has 6 heteroatoms. The van der Waals surface area contributed by atoms with Crippen molar-refractivity contribution in [1.82, 2.24) is 9.88 Å². The highest BCUT2D eigenvalue weighted by Gasteiger charge is 2.39. The lowest BCUT2D eigenvalue weighted by Crippen LogP contribution is -2.32. The van der Waals surface area contributed by atoms with E-state index in [-0.39, 0.29) is 24.1 Å². The molecule has 0 saturated heterocycles. The largest absolute Gasteiger partial charge is 0.497 e. The number of anilines is 1. The SMILES string of the molecule is COc1cccc(NC2=C(c3ccc(C)cc3)C(=O)N(Cc3ccccn3)C2=O)c1. The van der Waals surface area contributed by atoms with Crippen LogP contribution < -0.4 is 10.1 Å². The maximum atomic E-state index is 13.3. The van der Waals surface area contributed by atoms with Crippen molar-refractivity contribution >= 4 is 23.1 Å². The van der Waals surface area contributed by atoms with Crippen LogP contribution in [0.5, 0.6) is 5.75 Å². The number of aromatic nitrogens is 1. The van der Waals surface area contributed by atoms with Crippen LogP contribution in [-0.4, -0.2) is 28.8 Å². The summed E-state index contributed by atoms with van der Waals surface area (Å²) in [5, 5.41) is 3.14. The Balaban J connectivity index is 1.74. The maximum Gasteiger partial charge on any atom is 0.278 e. The fourth-order valence-electron chi connectivity index (χ4n) is 3.32. The predicted molar refractivity (Wildman–Crippen MR) is 115 cm³/mol. The van der Waals surface area contributed by atoms with Crippen molar-refractivity contribution < 1.29 is 14.3 Å². The molecule has 0 radical (unpaired) electrons. The van der Waals surface area contributed by atoms with Gasteiger partial charge in [-0.2, -0.15) is 0 Å². The Morgan fingerprint density at radius 2 is 1.77 bits per heavy atom. The number of rotatable bonds is 6. The van der Waals surface area contributed by atoms with Crippen LogP contribution in [-0.2, 0) is 16.1 Å². The van der Waals surface area contributed by atoms with Crippen LogP contribution in [0.1, 0.15) is 16.8 Å². The van der Waals surface area contributed by atoms with Crippen molar-refractivity contribution in [2.24, 2.45) is 0 Å². The van der Waals surface area contributed by atoms with Gasteiger partial charge in [0.25, 0.3) is 11.8 Å². The molecule has 1 N–H and O–H groups in total. The number of ether oxygens (including phenoxy) is 1. The average molecular weight is 399 g/mol. The summed E-state index contributed by atoms with van der Waals surface area (Å²) in [6, 6.07) is 20.2. The van der Waals surface area contributed by atoms with Gasteiger partial charge in [-0.1, -0.05) is 42.0 Å². The quantitative estimate of drug-likeness (QED) is 0.639. The zero-order valence-corrected chi connectivity index (χ0v) is 16.8. The highest BCUT2D eigenvalue weighted by atomic mass is 16.5. The van der Waals surface area contributed by atoms with Gasteiger partial charge in [0.2, 0.25) is 0 Å². The lowest BCUT2D eigenvalue weighted by Gasteiger charge is -2.15. The summed E-state index contributed by atoms with van der Waals surface area (Å²) in [7, 11) is 1.58. The Morgan fingerprint density at radius 1 is 0.967 bits per heavy atom. The topological polar surface area (TPSA) is 71.5 Å². The molecular formula is C24H21N3O3. The van der Waals surface area contributed by atoms with E-state index in [9.17, 15) is 9.59 Å². The van der Waals surface area contributed by atoms with Crippen LogP contribution in [0, 0.1) is 6.92 Å². The minimum Gasteiger partial charge on any atom is -0.497 e. The molecule has 0 atom stereocenters. The predicted octanol–water partition coefficient (Wildman–Crippen LogP) is 3.79. The third kappa shape index (κ3) is 3.80. The van der Waals surface area contributed by atoms with E-state index >= 15 is 0 Å². The zero-order valence-electron chi connectivity index (χ0n) is 16.8. The summed E-state index contributed by atoms with van der Waals surface area (Å²) in [4.78, 5) is 32.0. The highest BCUT2D eigenvalue weighted by molar-refractivity contribution is 6.36. The molecule has 6 nitrogen and oxygen atoms in total. The van der Waals surface area contributed by atoms with Crippen LogP contribution in [0.25, 0.3) is 5.57 Å².